The standard InChI is InChI=1S/C17H26N2O/c1-12-6-4-5-7-15(12)13(2)10-17(20)19-16-8-9-18-11-14(16)3/h4-7,13-14,16,18H,8-11H2,1-3H3,(H,19,20). The van der Waals surface area contributed by atoms with Gasteiger partial charge < -0.3 is 10.6 Å². The molecule has 3 unspecified atom stereocenters. The summed E-state index contributed by atoms with van der Waals surface area (Å²) in [6.07, 6.45) is 1.60. The van der Waals surface area contributed by atoms with Crippen molar-refractivity contribution in [3.8, 4) is 0 Å². The molecule has 0 aromatic heterocycles. The van der Waals surface area contributed by atoms with Crippen LogP contribution in [-0.4, -0.2) is 25.0 Å². The van der Waals surface area contributed by atoms with Gasteiger partial charge in [0.25, 0.3) is 0 Å². The summed E-state index contributed by atoms with van der Waals surface area (Å²) in [7, 11) is 0. The normalized spacial score (nSPS) is 24.1. The van der Waals surface area contributed by atoms with Crippen LogP contribution >= 0.6 is 0 Å². The Balaban J connectivity index is 1.89. The maximum Gasteiger partial charge on any atom is 0.220 e. The van der Waals surface area contributed by atoms with Crippen molar-refractivity contribution < 1.29 is 4.79 Å². The number of aryl methyl sites for hydroxylation is 1. The predicted molar refractivity (Wildman–Crippen MR) is 82.8 cm³/mol. The van der Waals surface area contributed by atoms with E-state index in [1.54, 1.807) is 0 Å². The average molecular weight is 274 g/mol. The monoisotopic (exact) mass is 274 g/mol. The molecule has 1 heterocycles. The second kappa shape index (κ2) is 6.89. The first kappa shape index (κ1) is 15.0. The van der Waals surface area contributed by atoms with E-state index in [-0.39, 0.29) is 11.8 Å². The highest BCUT2D eigenvalue weighted by atomic mass is 16.1. The summed E-state index contributed by atoms with van der Waals surface area (Å²) in [5.41, 5.74) is 2.55. The number of carbonyl (C=O) groups excluding carboxylic acids is 1. The fraction of sp³-hybridized carbons (Fsp3) is 0.588. The molecule has 0 aliphatic carbocycles. The van der Waals surface area contributed by atoms with E-state index < -0.39 is 0 Å². The Bertz CT molecular complexity index is 458. The summed E-state index contributed by atoms with van der Waals surface area (Å²) in [5.74, 6) is 0.967. The molecule has 2 rings (SSSR count). The summed E-state index contributed by atoms with van der Waals surface area (Å²) < 4.78 is 0. The van der Waals surface area contributed by atoms with Gasteiger partial charge in [-0.05, 0) is 49.4 Å². The number of piperidine rings is 1. The van der Waals surface area contributed by atoms with Crippen molar-refractivity contribution in [3.63, 3.8) is 0 Å². The summed E-state index contributed by atoms with van der Waals surface area (Å²) in [4.78, 5) is 12.2. The van der Waals surface area contributed by atoms with Gasteiger partial charge in [0.05, 0.1) is 0 Å². The van der Waals surface area contributed by atoms with Crippen molar-refractivity contribution >= 4 is 5.91 Å². The van der Waals surface area contributed by atoms with Gasteiger partial charge in [0, 0.05) is 12.5 Å². The van der Waals surface area contributed by atoms with Gasteiger partial charge in [-0.25, -0.2) is 0 Å². The Morgan fingerprint density at radius 1 is 1.45 bits per heavy atom. The zero-order chi connectivity index (χ0) is 14.5. The molecule has 3 atom stereocenters. The van der Waals surface area contributed by atoms with Crippen LogP contribution in [0.25, 0.3) is 0 Å². The first-order valence-corrected chi connectivity index (χ1v) is 7.63. The zero-order valence-electron chi connectivity index (χ0n) is 12.8. The molecule has 2 N–H and O–H groups in total. The quantitative estimate of drug-likeness (QED) is 0.886. The smallest absolute Gasteiger partial charge is 0.220 e. The van der Waals surface area contributed by atoms with Gasteiger partial charge in [-0.1, -0.05) is 38.1 Å². The molecule has 110 valence electrons. The third kappa shape index (κ3) is 3.83. The van der Waals surface area contributed by atoms with Crippen molar-refractivity contribution in [2.45, 2.75) is 45.6 Å². The van der Waals surface area contributed by atoms with Crippen LogP contribution in [0, 0.1) is 12.8 Å². The number of benzene rings is 1. The topological polar surface area (TPSA) is 41.1 Å². The SMILES string of the molecule is Cc1ccccc1C(C)CC(=O)NC1CCNCC1C. The number of hydrogen-bond acceptors (Lipinski definition) is 2. The van der Waals surface area contributed by atoms with Crippen molar-refractivity contribution in [1.29, 1.82) is 0 Å². The maximum absolute atomic E-state index is 12.2. The Morgan fingerprint density at radius 2 is 2.20 bits per heavy atom. The van der Waals surface area contributed by atoms with Crippen LogP contribution in [0.2, 0.25) is 0 Å². The lowest BCUT2D eigenvalue weighted by Crippen LogP contribution is -2.48. The minimum Gasteiger partial charge on any atom is -0.353 e. The molecule has 1 aromatic rings. The van der Waals surface area contributed by atoms with E-state index in [0.717, 1.165) is 19.5 Å². The maximum atomic E-state index is 12.2. The highest BCUT2D eigenvalue weighted by Gasteiger charge is 2.23. The van der Waals surface area contributed by atoms with E-state index >= 15 is 0 Å². The lowest BCUT2D eigenvalue weighted by molar-refractivity contribution is -0.122. The van der Waals surface area contributed by atoms with Gasteiger partial charge in [0.15, 0.2) is 0 Å². The van der Waals surface area contributed by atoms with Gasteiger partial charge in [-0.3, -0.25) is 4.79 Å². The van der Waals surface area contributed by atoms with Crippen molar-refractivity contribution in [2.24, 2.45) is 5.92 Å². The minimum absolute atomic E-state index is 0.180. The second-order valence-corrected chi connectivity index (χ2v) is 6.11. The third-order valence-corrected chi connectivity index (χ3v) is 4.34. The predicted octanol–water partition coefficient (Wildman–Crippen LogP) is 2.60. The van der Waals surface area contributed by atoms with Crippen LogP contribution < -0.4 is 10.6 Å². The molecule has 1 fully saturated rings. The molecule has 1 saturated heterocycles. The van der Waals surface area contributed by atoms with Gasteiger partial charge >= 0.3 is 0 Å². The molecule has 1 aromatic carbocycles. The van der Waals surface area contributed by atoms with Gasteiger partial charge in [-0.15, -0.1) is 0 Å². The average Bonchev–Trinajstić information content (AvgIpc) is 2.41. The van der Waals surface area contributed by atoms with E-state index in [4.69, 9.17) is 0 Å². The first-order chi connectivity index (χ1) is 9.58. The van der Waals surface area contributed by atoms with Crippen molar-refractivity contribution in [1.82, 2.24) is 10.6 Å². The van der Waals surface area contributed by atoms with E-state index in [9.17, 15) is 4.79 Å². The molecule has 1 aliphatic heterocycles. The molecular formula is C17H26N2O. The molecule has 3 nitrogen and oxygen atoms in total. The molecule has 0 radical (unpaired) electrons. The summed E-state index contributed by atoms with van der Waals surface area (Å²) in [5, 5.41) is 6.57. The van der Waals surface area contributed by atoms with Crippen LogP contribution in [-0.2, 0) is 4.79 Å². The Hall–Kier alpha value is -1.35. The number of carbonyl (C=O) groups is 1. The van der Waals surface area contributed by atoms with Gasteiger partial charge in [0.1, 0.15) is 0 Å². The number of nitrogens with one attached hydrogen (secondary N) is 2. The largest absolute Gasteiger partial charge is 0.353 e. The van der Waals surface area contributed by atoms with Crippen molar-refractivity contribution in [2.75, 3.05) is 13.1 Å². The van der Waals surface area contributed by atoms with Crippen LogP contribution in [0.3, 0.4) is 0 Å². The molecule has 0 bridgehead atoms. The summed E-state index contributed by atoms with van der Waals surface area (Å²) in [6.45, 7) is 8.44. The number of amides is 1. The Morgan fingerprint density at radius 3 is 2.90 bits per heavy atom. The lowest BCUT2D eigenvalue weighted by atomic mass is 9.92. The lowest BCUT2D eigenvalue weighted by Gasteiger charge is -2.30. The highest BCUT2D eigenvalue weighted by Crippen LogP contribution is 2.22. The highest BCUT2D eigenvalue weighted by molar-refractivity contribution is 5.77. The van der Waals surface area contributed by atoms with Crippen LogP contribution in [0.15, 0.2) is 24.3 Å². The third-order valence-electron chi connectivity index (χ3n) is 4.34. The van der Waals surface area contributed by atoms with Gasteiger partial charge in [0.2, 0.25) is 5.91 Å². The van der Waals surface area contributed by atoms with Crippen LogP contribution in [0.1, 0.15) is 43.7 Å². The molecule has 0 saturated carbocycles. The van der Waals surface area contributed by atoms with E-state index in [1.165, 1.54) is 11.1 Å². The van der Waals surface area contributed by atoms with Crippen LogP contribution in [0.4, 0.5) is 0 Å². The molecule has 3 heteroatoms. The summed E-state index contributed by atoms with van der Waals surface area (Å²) in [6, 6.07) is 8.65. The molecular weight excluding hydrogens is 248 g/mol. The molecule has 1 aliphatic rings. The first-order valence-electron chi connectivity index (χ1n) is 7.63. The van der Waals surface area contributed by atoms with Crippen molar-refractivity contribution in [3.05, 3.63) is 35.4 Å². The van der Waals surface area contributed by atoms with Gasteiger partial charge in [-0.2, -0.15) is 0 Å². The van der Waals surface area contributed by atoms with E-state index in [0.29, 0.717) is 18.4 Å². The van der Waals surface area contributed by atoms with Crippen LogP contribution in [0.5, 0.6) is 0 Å². The minimum atomic E-state index is 0.180. The number of rotatable bonds is 4. The van der Waals surface area contributed by atoms with E-state index in [1.807, 2.05) is 12.1 Å². The molecule has 0 spiro atoms. The summed E-state index contributed by atoms with van der Waals surface area (Å²) >= 11 is 0. The molecule has 20 heavy (non-hydrogen) atoms. The molecule has 1 amide bonds. The fourth-order valence-electron chi connectivity index (χ4n) is 3.02. The fourth-order valence-corrected chi connectivity index (χ4v) is 3.02. The van der Waals surface area contributed by atoms with E-state index in [2.05, 4.69) is 43.5 Å². The zero-order valence-corrected chi connectivity index (χ0v) is 12.8. The number of hydrogen-bond donors (Lipinski definition) is 2. The second-order valence-electron chi connectivity index (χ2n) is 6.11. The Kier molecular flexibility index (Phi) is 5.18. The Labute approximate surface area is 122 Å².